The first-order valence-corrected chi connectivity index (χ1v) is 9.25. The van der Waals surface area contributed by atoms with E-state index in [4.69, 9.17) is 9.15 Å². The van der Waals surface area contributed by atoms with E-state index in [1.54, 1.807) is 7.11 Å². The number of rotatable bonds is 6. The second kappa shape index (κ2) is 7.82. The molecule has 3 aromatic carbocycles. The first-order valence-electron chi connectivity index (χ1n) is 9.25. The van der Waals surface area contributed by atoms with Crippen LogP contribution >= 0.6 is 0 Å². The van der Waals surface area contributed by atoms with Crippen molar-refractivity contribution in [2.45, 2.75) is 20.0 Å². The normalized spacial score (nSPS) is 11.3. The van der Waals surface area contributed by atoms with E-state index in [1.165, 1.54) is 21.9 Å². The van der Waals surface area contributed by atoms with Crippen molar-refractivity contribution in [2.75, 3.05) is 14.2 Å². The highest BCUT2D eigenvalue weighted by atomic mass is 16.5. The summed E-state index contributed by atoms with van der Waals surface area (Å²) in [4.78, 5) is 2.16. The van der Waals surface area contributed by atoms with Gasteiger partial charge in [-0.2, -0.15) is 0 Å². The van der Waals surface area contributed by atoms with E-state index in [0.29, 0.717) is 18.3 Å². The number of benzene rings is 3. The summed E-state index contributed by atoms with van der Waals surface area (Å²) in [7, 11) is 3.74. The molecule has 28 heavy (non-hydrogen) atoms. The van der Waals surface area contributed by atoms with E-state index in [0.717, 1.165) is 17.9 Å². The van der Waals surface area contributed by atoms with Gasteiger partial charge in [0, 0.05) is 12.1 Å². The van der Waals surface area contributed by atoms with Gasteiger partial charge < -0.3 is 9.15 Å². The lowest BCUT2D eigenvalue weighted by Gasteiger charge is -2.15. The summed E-state index contributed by atoms with van der Waals surface area (Å²) in [6.45, 7) is 3.44. The molecular formula is C23H23N3O2. The maximum absolute atomic E-state index is 5.85. The number of ether oxygens (including phenoxy) is 1. The highest BCUT2D eigenvalue weighted by molar-refractivity contribution is 5.84. The Kier molecular flexibility index (Phi) is 5.08. The number of methoxy groups -OCH3 is 1. The Labute approximate surface area is 164 Å². The summed E-state index contributed by atoms with van der Waals surface area (Å²) in [6.07, 6.45) is 0. The molecule has 0 N–H and O–H groups in total. The first-order chi connectivity index (χ1) is 13.6. The molecule has 0 aliphatic heterocycles. The molecule has 142 valence electrons. The molecule has 0 fully saturated rings. The average Bonchev–Trinajstić information content (AvgIpc) is 3.16. The fraction of sp³-hybridized carbons (Fsp3) is 0.217. The van der Waals surface area contributed by atoms with Gasteiger partial charge in [-0.05, 0) is 60.6 Å². The summed E-state index contributed by atoms with van der Waals surface area (Å²) in [6, 6.07) is 20.7. The molecule has 0 bridgehead atoms. The van der Waals surface area contributed by atoms with Crippen molar-refractivity contribution in [1.82, 2.24) is 15.1 Å². The van der Waals surface area contributed by atoms with Gasteiger partial charge in [0.25, 0.3) is 0 Å². The molecule has 5 heteroatoms. The molecule has 0 atom stereocenters. The lowest BCUT2D eigenvalue weighted by molar-refractivity contribution is 0.283. The third-order valence-electron chi connectivity index (χ3n) is 4.70. The van der Waals surface area contributed by atoms with Crippen LogP contribution in [0.4, 0.5) is 0 Å². The number of aryl methyl sites for hydroxylation is 1. The summed E-state index contributed by atoms with van der Waals surface area (Å²) >= 11 is 0. The van der Waals surface area contributed by atoms with Crippen molar-refractivity contribution in [2.24, 2.45) is 0 Å². The molecule has 0 saturated heterocycles. The molecule has 5 nitrogen and oxygen atoms in total. The van der Waals surface area contributed by atoms with Crippen LogP contribution in [-0.2, 0) is 13.1 Å². The molecule has 0 saturated carbocycles. The Bertz CT molecular complexity index is 1100. The van der Waals surface area contributed by atoms with Crippen LogP contribution in [0, 0.1) is 6.92 Å². The molecule has 4 aromatic rings. The molecule has 4 rings (SSSR count). The molecule has 1 heterocycles. The Morgan fingerprint density at radius 1 is 0.929 bits per heavy atom. The molecule has 0 spiro atoms. The van der Waals surface area contributed by atoms with Gasteiger partial charge in [-0.15, -0.1) is 10.2 Å². The first kappa shape index (κ1) is 18.2. The van der Waals surface area contributed by atoms with E-state index in [1.807, 2.05) is 43.3 Å². The zero-order chi connectivity index (χ0) is 19.5. The number of fused-ring (bicyclic) bond motifs is 1. The largest absolute Gasteiger partial charge is 0.497 e. The van der Waals surface area contributed by atoms with Crippen LogP contribution < -0.4 is 4.74 Å². The molecule has 0 amide bonds. The third-order valence-corrected chi connectivity index (χ3v) is 4.70. The predicted molar refractivity (Wildman–Crippen MR) is 110 cm³/mol. The smallest absolute Gasteiger partial charge is 0.247 e. The van der Waals surface area contributed by atoms with Crippen LogP contribution in [0.15, 0.2) is 65.1 Å². The number of nitrogens with zero attached hydrogens (tertiary/aromatic N) is 3. The Morgan fingerprint density at radius 3 is 2.57 bits per heavy atom. The van der Waals surface area contributed by atoms with Gasteiger partial charge >= 0.3 is 0 Å². The van der Waals surface area contributed by atoms with Gasteiger partial charge in [-0.3, -0.25) is 4.90 Å². The van der Waals surface area contributed by atoms with Crippen molar-refractivity contribution in [3.63, 3.8) is 0 Å². The quantitative estimate of drug-likeness (QED) is 0.484. The summed E-state index contributed by atoms with van der Waals surface area (Å²) in [5.41, 5.74) is 3.35. The predicted octanol–water partition coefficient (Wildman–Crippen LogP) is 4.84. The van der Waals surface area contributed by atoms with E-state index < -0.39 is 0 Å². The van der Waals surface area contributed by atoms with Gasteiger partial charge in [0.1, 0.15) is 5.75 Å². The van der Waals surface area contributed by atoms with Crippen molar-refractivity contribution in [3.8, 4) is 17.2 Å². The highest BCUT2D eigenvalue weighted by Gasteiger charge is 2.11. The molecule has 0 unspecified atom stereocenters. The number of hydrogen-bond donors (Lipinski definition) is 0. The van der Waals surface area contributed by atoms with Gasteiger partial charge in [0.2, 0.25) is 11.8 Å². The SMILES string of the molecule is COc1ccc2cc(CN(C)Cc3nnc(-c4cccc(C)c4)o3)ccc2c1. The van der Waals surface area contributed by atoms with Crippen molar-refractivity contribution < 1.29 is 9.15 Å². The van der Waals surface area contributed by atoms with Crippen LogP contribution in [0.2, 0.25) is 0 Å². The lowest BCUT2D eigenvalue weighted by Crippen LogP contribution is -2.17. The van der Waals surface area contributed by atoms with Crippen LogP contribution in [0.25, 0.3) is 22.2 Å². The second-order valence-electron chi connectivity index (χ2n) is 7.09. The van der Waals surface area contributed by atoms with Gasteiger partial charge in [-0.25, -0.2) is 0 Å². The number of aromatic nitrogens is 2. The van der Waals surface area contributed by atoms with Gasteiger partial charge in [0.05, 0.1) is 13.7 Å². The molecule has 0 radical (unpaired) electrons. The van der Waals surface area contributed by atoms with Crippen molar-refractivity contribution in [3.05, 3.63) is 77.7 Å². The summed E-state index contributed by atoms with van der Waals surface area (Å²) < 4.78 is 11.1. The van der Waals surface area contributed by atoms with Crippen LogP contribution in [-0.4, -0.2) is 29.3 Å². The minimum Gasteiger partial charge on any atom is -0.497 e. The third kappa shape index (κ3) is 4.05. The molecule has 0 aliphatic carbocycles. The molecule has 0 aliphatic rings. The summed E-state index contributed by atoms with van der Waals surface area (Å²) in [5, 5.41) is 10.8. The number of hydrogen-bond acceptors (Lipinski definition) is 5. The molecular weight excluding hydrogens is 350 g/mol. The Balaban J connectivity index is 1.44. The minimum absolute atomic E-state index is 0.562. The van der Waals surface area contributed by atoms with E-state index in [-0.39, 0.29) is 0 Å². The average molecular weight is 373 g/mol. The van der Waals surface area contributed by atoms with Crippen LogP contribution in [0.1, 0.15) is 17.0 Å². The zero-order valence-electron chi connectivity index (χ0n) is 16.3. The van der Waals surface area contributed by atoms with E-state index in [9.17, 15) is 0 Å². The van der Waals surface area contributed by atoms with Crippen molar-refractivity contribution >= 4 is 10.8 Å². The lowest BCUT2D eigenvalue weighted by atomic mass is 10.1. The van der Waals surface area contributed by atoms with Gasteiger partial charge in [0.15, 0.2) is 0 Å². The topological polar surface area (TPSA) is 51.4 Å². The molecule has 1 aromatic heterocycles. The second-order valence-corrected chi connectivity index (χ2v) is 7.09. The zero-order valence-corrected chi connectivity index (χ0v) is 16.3. The summed E-state index contributed by atoms with van der Waals surface area (Å²) in [5.74, 6) is 2.05. The van der Waals surface area contributed by atoms with Crippen LogP contribution in [0.5, 0.6) is 5.75 Å². The van der Waals surface area contributed by atoms with Crippen LogP contribution in [0.3, 0.4) is 0 Å². The van der Waals surface area contributed by atoms with Crippen molar-refractivity contribution in [1.29, 1.82) is 0 Å². The fourth-order valence-electron chi connectivity index (χ4n) is 3.31. The Morgan fingerprint density at radius 2 is 1.75 bits per heavy atom. The monoisotopic (exact) mass is 373 g/mol. The highest BCUT2D eigenvalue weighted by Crippen LogP contribution is 2.23. The minimum atomic E-state index is 0.562. The fourth-order valence-corrected chi connectivity index (χ4v) is 3.31. The van der Waals surface area contributed by atoms with E-state index in [2.05, 4.69) is 46.4 Å². The van der Waals surface area contributed by atoms with Gasteiger partial charge in [-0.1, -0.05) is 35.9 Å². The standard InChI is InChI=1S/C23H23N3O2/c1-16-5-4-6-20(11-16)23-25-24-22(28-23)15-26(2)14-17-7-8-19-13-21(27-3)10-9-18(19)12-17/h4-13H,14-15H2,1-3H3. The van der Waals surface area contributed by atoms with E-state index >= 15 is 0 Å². The Hall–Kier alpha value is -3.18. The maximum atomic E-state index is 5.85. The maximum Gasteiger partial charge on any atom is 0.247 e.